The second-order valence-corrected chi connectivity index (χ2v) is 5.33. The molecule has 0 aliphatic carbocycles. The Morgan fingerprint density at radius 3 is 2.71 bits per heavy atom. The highest BCUT2D eigenvalue weighted by Gasteiger charge is 2.21. The van der Waals surface area contributed by atoms with Crippen molar-refractivity contribution in [2.24, 2.45) is 0 Å². The van der Waals surface area contributed by atoms with Crippen molar-refractivity contribution in [1.29, 1.82) is 0 Å². The van der Waals surface area contributed by atoms with Crippen molar-refractivity contribution >= 4 is 11.9 Å². The van der Waals surface area contributed by atoms with Crippen LogP contribution < -0.4 is 5.32 Å². The van der Waals surface area contributed by atoms with Gasteiger partial charge in [0.25, 0.3) is 0 Å². The lowest BCUT2D eigenvalue weighted by Gasteiger charge is -2.22. The predicted octanol–water partition coefficient (Wildman–Crippen LogP) is 1.21. The van der Waals surface area contributed by atoms with E-state index in [9.17, 15) is 9.59 Å². The molecular formula is C15H24N4O2. The van der Waals surface area contributed by atoms with Crippen LogP contribution in [0.15, 0.2) is 18.3 Å². The number of rotatable bonds is 4. The second-order valence-electron chi connectivity index (χ2n) is 5.33. The predicted molar refractivity (Wildman–Crippen MR) is 81.0 cm³/mol. The zero-order valence-corrected chi connectivity index (χ0v) is 12.6. The van der Waals surface area contributed by atoms with E-state index >= 15 is 0 Å². The van der Waals surface area contributed by atoms with Gasteiger partial charge in [-0.3, -0.25) is 4.79 Å². The number of aromatic amines is 1. The number of aromatic nitrogens is 1. The Labute approximate surface area is 125 Å². The van der Waals surface area contributed by atoms with Crippen LogP contribution in [0.5, 0.6) is 0 Å². The molecule has 1 aliphatic rings. The van der Waals surface area contributed by atoms with E-state index in [0.717, 1.165) is 25.1 Å². The molecule has 1 aromatic heterocycles. The van der Waals surface area contributed by atoms with Gasteiger partial charge >= 0.3 is 6.03 Å². The Bertz CT molecular complexity index is 458. The van der Waals surface area contributed by atoms with Gasteiger partial charge in [0.05, 0.1) is 6.42 Å². The van der Waals surface area contributed by atoms with Crippen LogP contribution in [0.4, 0.5) is 4.79 Å². The van der Waals surface area contributed by atoms with Gasteiger partial charge in [-0.25, -0.2) is 4.79 Å². The number of urea groups is 1. The van der Waals surface area contributed by atoms with Crippen molar-refractivity contribution in [2.75, 3.05) is 32.7 Å². The summed E-state index contributed by atoms with van der Waals surface area (Å²) in [5, 5.41) is 2.89. The first-order valence-corrected chi connectivity index (χ1v) is 7.63. The molecule has 0 unspecified atom stereocenters. The lowest BCUT2D eigenvalue weighted by atomic mass is 10.2. The molecule has 0 radical (unpaired) electrons. The highest BCUT2D eigenvalue weighted by atomic mass is 16.2. The van der Waals surface area contributed by atoms with E-state index in [1.54, 1.807) is 4.90 Å². The minimum absolute atomic E-state index is 0.0180. The van der Waals surface area contributed by atoms with Crippen LogP contribution in [0, 0.1) is 0 Å². The van der Waals surface area contributed by atoms with Crippen molar-refractivity contribution in [3.05, 3.63) is 24.0 Å². The fraction of sp³-hybridized carbons (Fsp3) is 0.600. The first-order chi connectivity index (χ1) is 10.2. The largest absolute Gasteiger partial charge is 0.365 e. The van der Waals surface area contributed by atoms with Gasteiger partial charge in [0.15, 0.2) is 0 Å². The highest BCUT2D eigenvalue weighted by Crippen LogP contribution is 2.07. The Hall–Kier alpha value is -1.98. The normalized spacial score (nSPS) is 15.7. The summed E-state index contributed by atoms with van der Waals surface area (Å²) in [6.45, 7) is 5.37. The first kappa shape index (κ1) is 15.4. The molecule has 1 aromatic rings. The monoisotopic (exact) mass is 292 g/mol. The van der Waals surface area contributed by atoms with Crippen molar-refractivity contribution in [3.8, 4) is 0 Å². The number of carbonyl (C=O) groups is 2. The number of hydrogen-bond acceptors (Lipinski definition) is 2. The zero-order chi connectivity index (χ0) is 15.1. The van der Waals surface area contributed by atoms with Crippen LogP contribution >= 0.6 is 0 Å². The van der Waals surface area contributed by atoms with E-state index in [1.165, 1.54) is 0 Å². The van der Waals surface area contributed by atoms with Crippen LogP contribution in [0.2, 0.25) is 0 Å². The second kappa shape index (κ2) is 7.71. The number of nitrogens with zero attached hydrogens (tertiary/aromatic N) is 2. The molecule has 116 valence electrons. The molecule has 1 saturated heterocycles. The third kappa shape index (κ3) is 4.51. The number of nitrogens with one attached hydrogen (secondary N) is 2. The SMILES string of the molecule is CCCNC(=O)N1CCCN(C(=O)Cc2ccc[nH]2)CC1. The van der Waals surface area contributed by atoms with Gasteiger partial charge in [-0.15, -0.1) is 0 Å². The minimum atomic E-state index is -0.0180. The van der Waals surface area contributed by atoms with Crippen LogP contribution in [0.3, 0.4) is 0 Å². The molecule has 2 rings (SSSR count). The molecule has 2 N–H and O–H groups in total. The van der Waals surface area contributed by atoms with Gasteiger partial charge in [-0.1, -0.05) is 6.92 Å². The van der Waals surface area contributed by atoms with E-state index in [1.807, 2.05) is 30.2 Å². The molecule has 3 amide bonds. The van der Waals surface area contributed by atoms with Gasteiger partial charge in [0.2, 0.25) is 5.91 Å². The molecule has 2 heterocycles. The summed E-state index contributed by atoms with van der Waals surface area (Å²) in [6.07, 6.45) is 3.98. The molecule has 1 fully saturated rings. The van der Waals surface area contributed by atoms with E-state index in [4.69, 9.17) is 0 Å². The van der Waals surface area contributed by atoms with Gasteiger partial charge in [-0.2, -0.15) is 0 Å². The molecule has 6 nitrogen and oxygen atoms in total. The number of hydrogen-bond donors (Lipinski definition) is 2. The van der Waals surface area contributed by atoms with E-state index in [2.05, 4.69) is 10.3 Å². The summed E-state index contributed by atoms with van der Waals surface area (Å²) in [5.74, 6) is 0.119. The fourth-order valence-electron chi connectivity index (χ4n) is 2.47. The molecule has 0 bridgehead atoms. The number of amides is 3. The van der Waals surface area contributed by atoms with Gasteiger partial charge in [0, 0.05) is 44.6 Å². The Morgan fingerprint density at radius 1 is 1.24 bits per heavy atom. The third-order valence-electron chi connectivity index (χ3n) is 3.67. The van der Waals surface area contributed by atoms with Crippen LogP contribution in [-0.4, -0.2) is 59.4 Å². The average molecular weight is 292 g/mol. The maximum Gasteiger partial charge on any atom is 0.317 e. The molecule has 0 spiro atoms. The average Bonchev–Trinajstić information content (AvgIpc) is 2.86. The van der Waals surface area contributed by atoms with Crippen LogP contribution in [-0.2, 0) is 11.2 Å². The van der Waals surface area contributed by atoms with Crippen molar-refractivity contribution < 1.29 is 9.59 Å². The minimum Gasteiger partial charge on any atom is -0.365 e. The van der Waals surface area contributed by atoms with E-state index < -0.39 is 0 Å². The maximum atomic E-state index is 12.3. The fourth-order valence-corrected chi connectivity index (χ4v) is 2.47. The van der Waals surface area contributed by atoms with E-state index in [0.29, 0.717) is 32.6 Å². The molecule has 1 aliphatic heterocycles. The third-order valence-corrected chi connectivity index (χ3v) is 3.67. The standard InChI is InChI=1S/C15H24N4O2/c1-2-6-17-15(21)19-9-4-8-18(10-11-19)14(20)12-13-5-3-7-16-13/h3,5,7,16H,2,4,6,8-12H2,1H3,(H,17,21). The topological polar surface area (TPSA) is 68.4 Å². The summed E-state index contributed by atoms with van der Waals surface area (Å²) >= 11 is 0. The Morgan fingerprint density at radius 2 is 2.00 bits per heavy atom. The molecular weight excluding hydrogens is 268 g/mol. The Kier molecular flexibility index (Phi) is 5.66. The zero-order valence-electron chi connectivity index (χ0n) is 12.6. The van der Waals surface area contributed by atoms with Crippen LogP contribution in [0.25, 0.3) is 0 Å². The lowest BCUT2D eigenvalue weighted by molar-refractivity contribution is -0.130. The summed E-state index contributed by atoms with van der Waals surface area (Å²) < 4.78 is 0. The maximum absolute atomic E-state index is 12.3. The number of carbonyl (C=O) groups excluding carboxylic acids is 2. The molecule has 0 saturated carbocycles. The van der Waals surface area contributed by atoms with Crippen LogP contribution in [0.1, 0.15) is 25.5 Å². The van der Waals surface area contributed by atoms with Gasteiger partial charge < -0.3 is 20.1 Å². The molecule has 0 aromatic carbocycles. The smallest absolute Gasteiger partial charge is 0.317 e. The van der Waals surface area contributed by atoms with Gasteiger partial charge in [0.1, 0.15) is 0 Å². The van der Waals surface area contributed by atoms with Crippen molar-refractivity contribution in [2.45, 2.75) is 26.2 Å². The van der Waals surface area contributed by atoms with Gasteiger partial charge in [-0.05, 0) is 25.0 Å². The lowest BCUT2D eigenvalue weighted by Crippen LogP contribution is -2.43. The first-order valence-electron chi connectivity index (χ1n) is 7.63. The highest BCUT2D eigenvalue weighted by molar-refractivity contribution is 5.78. The van der Waals surface area contributed by atoms with Crippen molar-refractivity contribution in [3.63, 3.8) is 0 Å². The summed E-state index contributed by atoms with van der Waals surface area (Å²) in [6, 6.07) is 3.79. The summed E-state index contributed by atoms with van der Waals surface area (Å²) in [4.78, 5) is 30.9. The molecule has 6 heteroatoms. The van der Waals surface area contributed by atoms with E-state index in [-0.39, 0.29) is 11.9 Å². The molecule has 0 atom stereocenters. The summed E-state index contributed by atoms with van der Waals surface area (Å²) in [7, 11) is 0. The summed E-state index contributed by atoms with van der Waals surface area (Å²) in [5.41, 5.74) is 0.932. The Balaban J connectivity index is 1.82. The quantitative estimate of drug-likeness (QED) is 0.876. The number of H-pyrrole nitrogens is 1. The van der Waals surface area contributed by atoms with Crippen molar-refractivity contribution in [1.82, 2.24) is 20.1 Å². The molecule has 21 heavy (non-hydrogen) atoms.